The second kappa shape index (κ2) is 5.87. The van der Waals surface area contributed by atoms with Gasteiger partial charge in [0.25, 0.3) is 5.96 Å². The van der Waals surface area contributed by atoms with E-state index in [1.807, 2.05) is 18.2 Å². The Labute approximate surface area is 117 Å². The van der Waals surface area contributed by atoms with Gasteiger partial charge in [-0.05, 0) is 30.5 Å². The Morgan fingerprint density at radius 3 is 2.70 bits per heavy atom. The third kappa shape index (κ3) is 3.45. The van der Waals surface area contributed by atoms with Crippen LogP contribution in [-0.4, -0.2) is 11.0 Å². The molecule has 1 aromatic carbocycles. The molecular weight excluding hydrogens is 258 g/mol. The lowest BCUT2D eigenvalue weighted by molar-refractivity contribution is -0.485. The number of nitrogens with two attached hydrogens (primary N) is 2. The molecule has 2 rings (SSSR count). The van der Waals surface area contributed by atoms with E-state index in [0.717, 1.165) is 31.2 Å². The van der Waals surface area contributed by atoms with Crippen molar-refractivity contribution in [2.24, 2.45) is 16.6 Å². The van der Waals surface area contributed by atoms with Gasteiger partial charge in [-0.2, -0.15) is 0 Å². The molecular formula is C13H19N5O2. The summed E-state index contributed by atoms with van der Waals surface area (Å²) in [5.41, 5.74) is 13.3. The summed E-state index contributed by atoms with van der Waals surface area (Å²) in [6, 6.07) is 7.50. The van der Waals surface area contributed by atoms with Crippen LogP contribution in [0.3, 0.4) is 0 Å². The molecule has 0 saturated heterocycles. The predicted octanol–water partition coefficient (Wildman–Crippen LogP) is 1.72. The molecule has 0 aliphatic heterocycles. The quantitative estimate of drug-likeness (QED) is 0.336. The Morgan fingerprint density at radius 2 is 2.05 bits per heavy atom. The number of nitrogens with one attached hydrogen (secondary N) is 1. The van der Waals surface area contributed by atoms with Crippen molar-refractivity contribution >= 4 is 11.6 Å². The highest BCUT2D eigenvalue weighted by molar-refractivity contribution is 5.91. The fraction of sp³-hybridized carbons (Fsp3) is 0.462. The Bertz CT molecular complexity index is 523. The molecule has 20 heavy (non-hydrogen) atoms. The molecule has 1 aromatic rings. The SMILES string of the molecule is NC(=N[N+](=O)[O-])Nc1cccc(C2(N)CCCCC2)c1. The lowest BCUT2D eigenvalue weighted by atomic mass is 9.77. The van der Waals surface area contributed by atoms with Crippen LogP contribution in [0.4, 0.5) is 5.69 Å². The van der Waals surface area contributed by atoms with Gasteiger partial charge in [0.05, 0.1) is 0 Å². The van der Waals surface area contributed by atoms with E-state index in [0.29, 0.717) is 5.69 Å². The van der Waals surface area contributed by atoms with Crippen LogP contribution in [0.15, 0.2) is 29.4 Å². The molecule has 1 fully saturated rings. The van der Waals surface area contributed by atoms with E-state index in [2.05, 4.69) is 10.4 Å². The average Bonchev–Trinajstić information content (AvgIpc) is 2.39. The molecule has 0 bridgehead atoms. The lowest BCUT2D eigenvalue weighted by Crippen LogP contribution is -2.38. The molecule has 1 saturated carbocycles. The predicted molar refractivity (Wildman–Crippen MR) is 77.6 cm³/mol. The van der Waals surface area contributed by atoms with E-state index in [-0.39, 0.29) is 11.5 Å². The fourth-order valence-electron chi connectivity index (χ4n) is 2.64. The number of hydrazone groups is 1. The minimum atomic E-state index is -0.836. The van der Waals surface area contributed by atoms with Crippen molar-refractivity contribution in [1.82, 2.24) is 0 Å². The van der Waals surface area contributed by atoms with Gasteiger partial charge in [-0.15, -0.1) is 0 Å². The molecule has 0 radical (unpaired) electrons. The van der Waals surface area contributed by atoms with Crippen molar-refractivity contribution in [3.05, 3.63) is 39.9 Å². The molecule has 1 aliphatic carbocycles. The summed E-state index contributed by atoms with van der Waals surface area (Å²) in [5.74, 6) is -0.248. The van der Waals surface area contributed by atoms with Crippen LogP contribution in [0.5, 0.6) is 0 Å². The standard InChI is InChI=1S/C13H19N5O2/c14-12(17-18(19)20)16-11-6-4-5-10(9-11)13(15)7-2-1-3-8-13/h4-6,9H,1-3,7-8,15H2,(H3,14,16,17). The highest BCUT2D eigenvalue weighted by atomic mass is 16.7. The van der Waals surface area contributed by atoms with E-state index < -0.39 is 5.03 Å². The number of nitro groups is 1. The zero-order valence-corrected chi connectivity index (χ0v) is 11.2. The number of benzene rings is 1. The number of hydrogen-bond acceptors (Lipinski definition) is 3. The van der Waals surface area contributed by atoms with Gasteiger partial charge in [-0.25, -0.2) is 10.1 Å². The van der Waals surface area contributed by atoms with Crippen molar-refractivity contribution in [2.45, 2.75) is 37.6 Å². The minimum Gasteiger partial charge on any atom is -0.364 e. The number of guanidine groups is 1. The highest BCUT2D eigenvalue weighted by Gasteiger charge is 2.29. The molecule has 1 aliphatic rings. The van der Waals surface area contributed by atoms with Gasteiger partial charge in [-0.3, -0.25) is 0 Å². The van der Waals surface area contributed by atoms with Crippen LogP contribution in [0.1, 0.15) is 37.7 Å². The van der Waals surface area contributed by atoms with Crippen molar-refractivity contribution in [3.8, 4) is 0 Å². The number of rotatable bonds is 3. The highest BCUT2D eigenvalue weighted by Crippen LogP contribution is 2.35. The molecule has 0 amide bonds. The molecule has 7 heteroatoms. The molecule has 5 N–H and O–H groups in total. The summed E-state index contributed by atoms with van der Waals surface area (Å²) < 4.78 is 0. The second-order valence-electron chi connectivity index (χ2n) is 5.15. The van der Waals surface area contributed by atoms with Gasteiger partial charge in [0.2, 0.25) is 0 Å². The Kier molecular flexibility index (Phi) is 4.19. The van der Waals surface area contributed by atoms with E-state index in [1.165, 1.54) is 6.42 Å². The van der Waals surface area contributed by atoms with Crippen LogP contribution in [0.2, 0.25) is 0 Å². The smallest absolute Gasteiger partial charge is 0.270 e. The molecule has 0 atom stereocenters. The van der Waals surface area contributed by atoms with Crippen LogP contribution < -0.4 is 16.8 Å². The molecule has 0 unspecified atom stereocenters. The average molecular weight is 277 g/mol. The van der Waals surface area contributed by atoms with Crippen molar-refractivity contribution < 1.29 is 5.03 Å². The topological polar surface area (TPSA) is 120 Å². The lowest BCUT2D eigenvalue weighted by Gasteiger charge is -2.34. The zero-order chi connectivity index (χ0) is 14.6. The Balaban J connectivity index is 2.17. The molecule has 7 nitrogen and oxygen atoms in total. The van der Waals surface area contributed by atoms with Gasteiger partial charge < -0.3 is 16.8 Å². The maximum atomic E-state index is 10.2. The van der Waals surface area contributed by atoms with Crippen LogP contribution in [0, 0.1) is 10.1 Å². The minimum absolute atomic E-state index is 0.248. The largest absolute Gasteiger partial charge is 0.364 e. The van der Waals surface area contributed by atoms with Crippen LogP contribution >= 0.6 is 0 Å². The maximum Gasteiger partial charge on any atom is 0.270 e. The summed E-state index contributed by atoms with van der Waals surface area (Å²) >= 11 is 0. The summed E-state index contributed by atoms with van der Waals surface area (Å²) in [5, 5.41) is 15.1. The van der Waals surface area contributed by atoms with Crippen LogP contribution in [0.25, 0.3) is 0 Å². The number of nitrogens with zero attached hydrogens (tertiary/aromatic N) is 2. The third-order valence-corrected chi connectivity index (χ3v) is 3.65. The normalized spacial score (nSPS) is 18.6. The zero-order valence-electron chi connectivity index (χ0n) is 11.2. The van der Waals surface area contributed by atoms with Gasteiger partial charge in [0.15, 0.2) is 5.03 Å². The van der Waals surface area contributed by atoms with Gasteiger partial charge >= 0.3 is 0 Å². The first-order chi connectivity index (χ1) is 9.49. The Hall–Kier alpha value is -2.15. The van der Waals surface area contributed by atoms with E-state index in [4.69, 9.17) is 11.5 Å². The number of anilines is 1. The van der Waals surface area contributed by atoms with Gasteiger partial charge in [-0.1, -0.05) is 31.4 Å². The summed E-state index contributed by atoms with van der Waals surface area (Å²) in [7, 11) is 0. The maximum absolute atomic E-state index is 10.2. The second-order valence-corrected chi connectivity index (χ2v) is 5.15. The summed E-state index contributed by atoms with van der Waals surface area (Å²) in [6.45, 7) is 0. The summed E-state index contributed by atoms with van der Waals surface area (Å²) in [6.07, 6.45) is 5.38. The van der Waals surface area contributed by atoms with Gasteiger partial charge in [0, 0.05) is 11.2 Å². The van der Waals surface area contributed by atoms with Crippen molar-refractivity contribution in [2.75, 3.05) is 5.32 Å². The molecule has 0 heterocycles. The third-order valence-electron chi connectivity index (χ3n) is 3.65. The molecule has 108 valence electrons. The summed E-state index contributed by atoms with van der Waals surface area (Å²) in [4.78, 5) is 10.2. The van der Waals surface area contributed by atoms with Crippen molar-refractivity contribution in [1.29, 1.82) is 0 Å². The first-order valence-electron chi connectivity index (χ1n) is 6.64. The number of hydrogen-bond donors (Lipinski definition) is 3. The molecule has 0 spiro atoms. The van der Waals surface area contributed by atoms with E-state index >= 15 is 0 Å². The molecule has 0 aromatic heterocycles. The van der Waals surface area contributed by atoms with E-state index in [1.54, 1.807) is 6.07 Å². The van der Waals surface area contributed by atoms with Crippen molar-refractivity contribution in [3.63, 3.8) is 0 Å². The fourth-order valence-corrected chi connectivity index (χ4v) is 2.64. The monoisotopic (exact) mass is 277 g/mol. The Morgan fingerprint density at radius 1 is 1.35 bits per heavy atom. The first kappa shape index (κ1) is 14.3. The van der Waals surface area contributed by atoms with E-state index in [9.17, 15) is 10.1 Å². The van der Waals surface area contributed by atoms with Gasteiger partial charge in [0.1, 0.15) is 5.10 Å². The first-order valence-corrected chi connectivity index (χ1v) is 6.64. The van der Waals surface area contributed by atoms with Crippen LogP contribution in [-0.2, 0) is 5.54 Å².